The molecule has 1 unspecified atom stereocenters. The van der Waals surface area contributed by atoms with E-state index in [-0.39, 0.29) is 12.0 Å². The molecular weight excluding hydrogens is 218 g/mol. The van der Waals surface area contributed by atoms with Gasteiger partial charge in [0.1, 0.15) is 11.8 Å². The van der Waals surface area contributed by atoms with Gasteiger partial charge in [-0.1, -0.05) is 6.07 Å². The van der Waals surface area contributed by atoms with E-state index in [0.717, 1.165) is 29.8 Å². The Morgan fingerprint density at radius 1 is 1.41 bits per heavy atom. The zero-order valence-electron chi connectivity index (χ0n) is 10.4. The quantitative estimate of drug-likeness (QED) is 0.726. The summed E-state index contributed by atoms with van der Waals surface area (Å²) in [5, 5.41) is 0. The average molecular weight is 235 g/mol. The Hall–Kier alpha value is -1.55. The van der Waals surface area contributed by atoms with Crippen molar-refractivity contribution < 1.29 is 14.3 Å². The van der Waals surface area contributed by atoms with Crippen molar-refractivity contribution in [3.63, 3.8) is 0 Å². The van der Waals surface area contributed by atoms with Crippen molar-refractivity contribution in [1.82, 2.24) is 4.90 Å². The molecule has 1 aliphatic rings. The summed E-state index contributed by atoms with van der Waals surface area (Å²) >= 11 is 0. The van der Waals surface area contributed by atoms with Crippen molar-refractivity contribution in [2.24, 2.45) is 0 Å². The zero-order chi connectivity index (χ0) is 12.4. The Balaban J connectivity index is 2.41. The fourth-order valence-corrected chi connectivity index (χ4v) is 2.27. The Kier molecular flexibility index (Phi) is 3.33. The number of nitrogens with zero attached hydrogens (tertiary/aromatic N) is 1. The monoisotopic (exact) mass is 235 g/mol. The standard InChI is InChI=1S/C13H17NO3/c1-14-7-6-9-8-10(16-2)4-5-11(9)12(14)13(15)17-3/h4-5,8,12H,6-7H2,1-3H3. The number of hydrogen-bond acceptors (Lipinski definition) is 4. The molecule has 0 bridgehead atoms. The van der Waals surface area contributed by atoms with Gasteiger partial charge in [-0.2, -0.15) is 0 Å². The summed E-state index contributed by atoms with van der Waals surface area (Å²) in [6, 6.07) is 5.53. The van der Waals surface area contributed by atoms with E-state index < -0.39 is 0 Å². The number of benzene rings is 1. The number of fused-ring (bicyclic) bond motifs is 1. The molecule has 4 heteroatoms. The largest absolute Gasteiger partial charge is 0.497 e. The molecule has 0 aromatic heterocycles. The highest BCUT2D eigenvalue weighted by Crippen LogP contribution is 2.31. The Morgan fingerprint density at radius 3 is 2.82 bits per heavy atom. The molecule has 0 N–H and O–H groups in total. The predicted molar refractivity (Wildman–Crippen MR) is 64.1 cm³/mol. The van der Waals surface area contributed by atoms with Crippen LogP contribution in [-0.4, -0.2) is 38.7 Å². The molecule has 0 radical (unpaired) electrons. The number of carbonyl (C=O) groups excluding carboxylic acids is 1. The molecule has 0 amide bonds. The number of hydrogen-bond donors (Lipinski definition) is 0. The maximum Gasteiger partial charge on any atom is 0.327 e. The van der Waals surface area contributed by atoms with Crippen molar-refractivity contribution in [2.75, 3.05) is 27.8 Å². The topological polar surface area (TPSA) is 38.8 Å². The zero-order valence-corrected chi connectivity index (χ0v) is 10.4. The smallest absolute Gasteiger partial charge is 0.327 e. The molecule has 1 atom stereocenters. The first-order chi connectivity index (χ1) is 8.17. The third kappa shape index (κ3) is 2.13. The number of ether oxygens (including phenoxy) is 2. The molecule has 1 aromatic carbocycles. The average Bonchev–Trinajstić information content (AvgIpc) is 2.37. The van der Waals surface area contributed by atoms with Crippen LogP contribution < -0.4 is 4.74 Å². The fourth-order valence-electron chi connectivity index (χ4n) is 2.27. The van der Waals surface area contributed by atoms with Crippen LogP contribution in [0.25, 0.3) is 0 Å². The van der Waals surface area contributed by atoms with Gasteiger partial charge in [-0.15, -0.1) is 0 Å². The SMILES string of the molecule is COC(=O)C1c2ccc(OC)cc2CCN1C. The molecule has 1 aromatic rings. The number of esters is 1. The Bertz CT molecular complexity index is 431. The van der Waals surface area contributed by atoms with E-state index >= 15 is 0 Å². The van der Waals surface area contributed by atoms with Gasteiger partial charge in [0.25, 0.3) is 0 Å². The van der Waals surface area contributed by atoms with E-state index in [1.807, 2.05) is 30.1 Å². The molecule has 2 rings (SSSR count). The summed E-state index contributed by atoms with van der Waals surface area (Å²) in [4.78, 5) is 13.8. The summed E-state index contributed by atoms with van der Waals surface area (Å²) in [6.45, 7) is 0.847. The summed E-state index contributed by atoms with van der Waals surface area (Å²) in [7, 11) is 5.01. The summed E-state index contributed by atoms with van der Waals surface area (Å²) < 4.78 is 10.1. The minimum absolute atomic E-state index is 0.210. The van der Waals surface area contributed by atoms with Gasteiger partial charge >= 0.3 is 5.97 Å². The molecule has 0 saturated heterocycles. The van der Waals surface area contributed by atoms with Crippen LogP contribution in [0.3, 0.4) is 0 Å². The second-order valence-electron chi connectivity index (χ2n) is 4.22. The molecule has 1 aliphatic heterocycles. The number of rotatable bonds is 2. The normalized spacial score (nSPS) is 19.6. The van der Waals surface area contributed by atoms with E-state index in [1.165, 1.54) is 7.11 Å². The van der Waals surface area contributed by atoms with Crippen LogP contribution in [0.1, 0.15) is 17.2 Å². The van der Waals surface area contributed by atoms with Crippen LogP contribution in [0.15, 0.2) is 18.2 Å². The molecule has 4 nitrogen and oxygen atoms in total. The van der Waals surface area contributed by atoms with Gasteiger partial charge in [0.15, 0.2) is 0 Å². The predicted octanol–water partition coefficient (Wildman–Crippen LogP) is 1.40. The minimum atomic E-state index is -0.297. The van der Waals surface area contributed by atoms with E-state index in [4.69, 9.17) is 9.47 Å². The lowest BCUT2D eigenvalue weighted by molar-refractivity contribution is -0.147. The van der Waals surface area contributed by atoms with Gasteiger partial charge in [-0.25, -0.2) is 4.79 Å². The van der Waals surface area contributed by atoms with Crippen molar-refractivity contribution >= 4 is 5.97 Å². The molecule has 0 spiro atoms. The van der Waals surface area contributed by atoms with E-state index in [0.29, 0.717) is 0 Å². The van der Waals surface area contributed by atoms with E-state index in [9.17, 15) is 4.79 Å². The molecule has 0 fully saturated rings. The lowest BCUT2D eigenvalue weighted by Crippen LogP contribution is -2.37. The fraction of sp³-hybridized carbons (Fsp3) is 0.462. The highest BCUT2D eigenvalue weighted by molar-refractivity contribution is 5.78. The van der Waals surface area contributed by atoms with Crippen molar-refractivity contribution in [2.45, 2.75) is 12.5 Å². The summed E-state index contributed by atoms with van der Waals surface area (Å²) in [5.41, 5.74) is 2.18. The van der Waals surface area contributed by atoms with Crippen molar-refractivity contribution in [3.05, 3.63) is 29.3 Å². The first-order valence-electron chi connectivity index (χ1n) is 5.62. The van der Waals surface area contributed by atoms with Crippen LogP contribution in [-0.2, 0) is 16.0 Å². The molecule has 92 valence electrons. The minimum Gasteiger partial charge on any atom is -0.497 e. The third-order valence-electron chi connectivity index (χ3n) is 3.24. The maximum absolute atomic E-state index is 11.8. The van der Waals surface area contributed by atoms with Gasteiger partial charge in [0, 0.05) is 6.54 Å². The number of likely N-dealkylation sites (N-methyl/N-ethyl adjacent to an activating group) is 1. The molecular formula is C13H17NO3. The van der Waals surface area contributed by atoms with Crippen molar-refractivity contribution in [1.29, 1.82) is 0 Å². The van der Waals surface area contributed by atoms with Crippen LogP contribution in [0.5, 0.6) is 5.75 Å². The first kappa shape index (κ1) is 11.9. The van der Waals surface area contributed by atoms with Gasteiger partial charge < -0.3 is 9.47 Å². The van der Waals surface area contributed by atoms with Crippen LogP contribution in [0, 0.1) is 0 Å². The second-order valence-corrected chi connectivity index (χ2v) is 4.22. The van der Waals surface area contributed by atoms with Gasteiger partial charge in [-0.3, -0.25) is 4.90 Å². The van der Waals surface area contributed by atoms with Gasteiger partial charge in [0.05, 0.1) is 14.2 Å². The Labute approximate surface area is 101 Å². The van der Waals surface area contributed by atoms with Crippen LogP contribution in [0.2, 0.25) is 0 Å². The number of carbonyl (C=O) groups is 1. The van der Waals surface area contributed by atoms with Crippen LogP contribution >= 0.6 is 0 Å². The summed E-state index contributed by atoms with van der Waals surface area (Å²) in [6.07, 6.45) is 0.927. The second kappa shape index (κ2) is 4.75. The Morgan fingerprint density at radius 2 is 2.18 bits per heavy atom. The molecule has 1 heterocycles. The van der Waals surface area contributed by atoms with E-state index in [2.05, 4.69) is 0 Å². The molecule has 0 aliphatic carbocycles. The highest BCUT2D eigenvalue weighted by atomic mass is 16.5. The number of methoxy groups -OCH3 is 2. The van der Waals surface area contributed by atoms with E-state index in [1.54, 1.807) is 7.11 Å². The maximum atomic E-state index is 11.8. The highest BCUT2D eigenvalue weighted by Gasteiger charge is 2.31. The lowest BCUT2D eigenvalue weighted by atomic mass is 9.93. The van der Waals surface area contributed by atoms with Gasteiger partial charge in [0.2, 0.25) is 0 Å². The molecule has 17 heavy (non-hydrogen) atoms. The van der Waals surface area contributed by atoms with Gasteiger partial charge in [-0.05, 0) is 36.7 Å². The molecule has 0 saturated carbocycles. The first-order valence-corrected chi connectivity index (χ1v) is 5.62. The van der Waals surface area contributed by atoms with Crippen LogP contribution in [0.4, 0.5) is 0 Å². The summed E-state index contributed by atoms with van der Waals surface area (Å²) in [5.74, 6) is 0.621. The third-order valence-corrected chi connectivity index (χ3v) is 3.24. The van der Waals surface area contributed by atoms with Crippen molar-refractivity contribution in [3.8, 4) is 5.75 Å². The lowest BCUT2D eigenvalue weighted by Gasteiger charge is -2.32.